The fraction of sp³-hybridized carbons (Fsp3) is 0.632. The fourth-order valence-corrected chi connectivity index (χ4v) is 3.94. The molecule has 2 rings (SSSR count). The first-order chi connectivity index (χ1) is 12.7. The van der Waals surface area contributed by atoms with E-state index in [1.54, 1.807) is 11.0 Å². The Bertz CT molecular complexity index is 744. The highest BCUT2D eigenvalue weighted by Crippen LogP contribution is 2.23. The number of hydrogen-bond donors (Lipinski definition) is 1. The van der Waals surface area contributed by atoms with E-state index in [9.17, 15) is 17.6 Å². The summed E-state index contributed by atoms with van der Waals surface area (Å²) in [6.45, 7) is 5.83. The number of nitrogens with zero attached hydrogens (tertiary/aromatic N) is 1. The van der Waals surface area contributed by atoms with E-state index in [4.69, 9.17) is 4.74 Å². The monoisotopic (exact) mass is 400 g/mol. The fourth-order valence-electron chi connectivity index (χ4n) is 3.22. The van der Waals surface area contributed by atoms with E-state index >= 15 is 0 Å². The summed E-state index contributed by atoms with van der Waals surface area (Å²) in [6.07, 6.45) is 4.55. The summed E-state index contributed by atoms with van der Waals surface area (Å²) in [7, 11) is -3.55. The quantitative estimate of drug-likeness (QED) is 0.707. The van der Waals surface area contributed by atoms with Crippen LogP contribution in [0.4, 0.5) is 14.9 Å². The Hall–Kier alpha value is -1.83. The molecule has 1 aliphatic heterocycles. The second-order valence-corrected chi connectivity index (χ2v) is 9.33. The minimum absolute atomic E-state index is 0.0994. The van der Waals surface area contributed by atoms with Gasteiger partial charge in [0.2, 0.25) is 0 Å². The van der Waals surface area contributed by atoms with Crippen LogP contribution in [0.2, 0.25) is 0 Å². The standard InChI is InChI=1S/C19H29FN2O4S/c1-14(2)26-19(23)22-11-8-15(9-12-22)5-4-10-21-16-6-7-18(17(20)13-16)27(3,24)25/h6-7,13-15,21H,4-5,8-12H2,1-3H3. The lowest BCUT2D eigenvalue weighted by atomic mass is 9.92. The molecule has 0 spiro atoms. The molecular formula is C19H29FN2O4S. The molecule has 1 saturated heterocycles. The number of ether oxygens (including phenoxy) is 1. The predicted octanol–water partition coefficient (Wildman–Crippen LogP) is 3.68. The number of amides is 1. The lowest BCUT2D eigenvalue weighted by molar-refractivity contribution is 0.0647. The topological polar surface area (TPSA) is 75.7 Å². The highest BCUT2D eigenvalue weighted by molar-refractivity contribution is 7.90. The molecule has 1 fully saturated rings. The Balaban J connectivity index is 1.69. The van der Waals surface area contributed by atoms with Crippen molar-refractivity contribution in [1.82, 2.24) is 4.90 Å². The van der Waals surface area contributed by atoms with Crippen LogP contribution in [0, 0.1) is 11.7 Å². The lowest BCUT2D eigenvalue weighted by Crippen LogP contribution is -2.39. The summed E-state index contributed by atoms with van der Waals surface area (Å²) in [5.41, 5.74) is 0.575. The molecule has 6 nitrogen and oxygen atoms in total. The average Bonchev–Trinajstić information content (AvgIpc) is 2.57. The zero-order valence-corrected chi connectivity index (χ0v) is 17.0. The summed E-state index contributed by atoms with van der Waals surface area (Å²) >= 11 is 0. The van der Waals surface area contributed by atoms with Crippen LogP contribution in [0.15, 0.2) is 23.1 Å². The lowest BCUT2D eigenvalue weighted by Gasteiger charge is -2.31. The predicted molar refractivity (Wildman–Crippen MR) is 103 cm³/mol. The Morgan fingerprint density at radius 3 is 2.56 bits per heavy atom. The van der Waals surface area contributed by atoms with E-state index in [1.165, 1.54) is 12.1 Å². The van der Waals surface area contributed by atoms with Gasteiger partial charge >= 0.3 is 6.09 Å². The van der Waals surface area contributed by atoms with Crippen LogP contribution in [0.25, 0.3) is 0 Å². The number of rotatable bonds is 7. The SMILES string of the molecule is CC(C)OC(=O)N1CCC(CCCNc2ccc(S(C)(=O)=O)c(F)c2)CC1. The second kappa shape index (κ2) is 9.39. The molecule has 0 bridgehead atoms. The summed E-state index contributed by atoms with van der Waals surface area (Å²) in [4.78, 5) is 13.4. The molecule has 0 atom stereocenters. The third-order valence-corrected chi connectivity index (χ3v) is 5.79. The molecule has 1 amide bonds. The van der Waals surface area contributed by atoms with E-state index in [0.29, 0.717) is 18.2 Å². The smallest absolute Gasteiger partial charge is 0.410 e. The number of anilines is 1. The highest BCUT2D eigenvalue weighted by atomic mass is 32.2. The van der Waals surface area contributed by atoms with E-state index in [1.807, 2.05) is 13.8 Å². The first-order valence-corrected chi connectivity index (χ1v) is 11.2. The third kappa shape index (κ3) is 6.68. The van der Waals surface area contributed by atoms with Crippen molar-refractivity contribution in [2.24, 2.45) is 5.92 Å². The molecule has 152 valence electrons. The first kappa shape index (κ1) is 21.5. The maximum atomic E-state index is 13.9. The number of carbonyl (C=O) groups excluding carboxylic acids is 1. The minimum Gasteiger partial charge on any atom is -0.447 e. The number of hydrogen-bond acceptors (Lipinski definition) is 5. The van der Waals surface area contributed by atoms with Crippen LogP contribution in [0.5, 0.6) is 0 Å². The molecule has 8 heteroatoms. The van der Waals surface area contributed by atoms with Gasteiger partial charge in [-0.25, -0.2) is 17.6 Å². The van der Waals surface area contributed by atoms with Crippen molar-refractivity contribution >= 4 is 21.6 Å². The van der Waals surface area contributed by atoms with Gasteiger partial charge in [-0.2, -0.15) is 0 Å². The van der Waals surface area contributed by atoms with Crippen molar-refractivity contribution in [2.75, 3.05) is 31.2 Å². The van der Waals surface area contributed by atoms with E-state index < -0.39 is 15.7 Å². The van der Waals surface area contributed by atoms with Crippen LogP contribution in [0.3, 0.4) is 0 Å². The molecule has 1 N–H and O–H groups in total. The molecule has 1 aromatic carbocycles. The van der Waals surface area contributed by atoms with Gasteiger partial charge in [-0.1, -0.05) is 0 Å². The maximum Gasteiger partial charge on any atom is 0.410 e. The molecule has 0 saturated carbocycles. The van der Waals surface area contributed by atoms with Crippen molar-refractivity contribution < 1.29 is 22.3 Å². The number of nitrogens with one attached hydrogen (secondary N) is 1. The Morgan fingerprint density at radius 1 is 1.33 bits per heavy atom. The molecule has 1 aromatic rings. The first-order valence-electron chi connectivity index (χ1n) is 9.36. The van der Waals surface area contributed by atoms with Gasteiger partial charge in [-0.05, 0) is 63.6 Å². The Kier molecular flexibility index (Phi) is 7.47. The summed E-state index contributed by atoms with van der Waals surface area (Å²) < 4.78 is 41.9. The van der Waals surface area contributed by atoms with Gasteiger partial charge in [0.25, 0.3) is 0 Å². The molecule has 27 heavy (non-hydrogen) atoms. The summed E-state index contributed by atoms with van der Waals surface area (Å²) in [5, 5.41) is 3.13. The van der Waals surface area contributed by atoms with E-state index in [0.717, 1.165) is 45.0 Å². The molecule has 1 aliphatic rings. The van der Waals surface area contributed by atoms with Crippen LogP contribution >= 0.6 is 0 Å². The van der Waals surface area contributed by atoms with Crippen molar-refractivity contribution in [3.05, 3.63) is 24.0 Å². The van der Waals surface area contributed by atoms with Crippen LogP contribution in [0.1, 0.15) is 39.5 Å². The number of benzene rings is 1. The molecule has 1 heterocycles. The van der Waals surface area contributed by atoms with Gasteiger partial charge in [0.15, 0.2) is 9.84 Å². The third-order valence-electron chi connectivity index (χ3n) is 4.66. The number of carbonyl (C=O) groups is 1. The van der Waals surface area contributed by atoms with Gasteiger partial charge in [0.05, 0.1) is 6.10 Å². The van der Waals surface area contributed by atoms with Crippen LogP contribution < -0.4 is 5.32 Å². The van der Waals surface area contributed by atoms with Gasteiger partial charge < -0.3 is 15.0 Å². The zero-order valence-electron chi connectivity index (χ0n) is 16.2. The number of halogens is 1. The van der Waals surface area contributed by atoms with Gasteiger partial charge in [0.1, 0.15) is 10.7 Å². The van der Waals surface area contributed by atoms with Gasteiger partial charge in [-0.3, -0.25) is 0 Å². The molecule has 0 unspecified atom stereocenters. The molecule has 0 radical (unpaired) electrons. The van der Waals surface area contributed by atoms with Crippen LogP contribution in [-0.2, 0) is 14.6 Å². The zero-order chi connectivity index (χ0) is 20.0. The van der Waals surface area contributed by atoms with E-state index in [2.05, 4.69) is 5.32 Å². The van der Waals surface area contributed by atoms with E-state index in [-0.39, 0.29) is 17.1 Å². The van der Waals surface area contributed by atoms with Crippen LogP contribution in [-0.4, -0.2) is 51.4 Å². The minimum atomic E-state index is -3.55. The van der Waals surface area contributed by atoms with Crippen molar-refractivity contribution in [3.8, 4) is 0 Å². The normalized spacial score (nSPS) is 15.8. The number of likely N-dealkylation sites (tertiary alicyclic amines) is 1. The Morgan fingerprint density at radius 2 is 2.00 bits per heavy atom. The summed E-state index contributed by atoms with van der Waals surface area (Å²) in [6, 6.07) is 4.09. The highest BCUT2D eigenvalue weighted by Gasteiger charge is 2.24. The molecular weight excluding hydrogens is 371 g/mol. The van der Waals surface area contributed by atoms with Crippen molar-refractivity contribution in [2.45, 2.75) is 50.5 Å². The maximum absolute atomic E-state index is 13.9. The van der Waals surface area contributed by atoms with Crippen molar-refractivity contribution in [1.29, 1.82) is 0 Å². The molecule has 0 aliphatic carbocycles. The Labute approximate surface area is 161 Å². The van der Waals surface area contributed by atoms with Gasteiger partial charge in [0, 0.05) is 31.6 Å². The second-order valence-electron chi connectivity index (χ2n) is 7.35. The molecule has 0 aromatic heterocycles. The largest absolute Gasteiger partial charge is 0.447 e. The van der Waals surface area contributed by atoms with Crippen molar-refractivity contribution in [3.63, 3.8) is 0 Å². The number of sulfone groups is 1. The summed E-state index contributed by atoms with van der Waals surface area (Å²) in [5.74, 6) is -0.164. The average molecular weight is 401 g/mol. The number of piperidine rings is 1. The van der Waals surface area contributed by atoms with Gasteiger partial charge in [-0.15, -0.1) is 0 Å².